The summed E-state index contributed by atoms with van der Waals surface area (Å²) in [5, 5.41) is 3.04. The number of likely N-dealkylation sites (tertiary alicyclic amines) is 1. The topological polar surface area (TPSA) is 32.3 Å². The third kappa shape index (κ3) is 6.99. The lowest BCUT2D eigenvalue weighted by Gasteiger charge is -2.19. The Kier molecular flexibility index (Phi) is 8.43. The number of rotatable bonds is 8. The van der Waals surface area contributed by atoms with Crippen molar-refractivity contribution in [2.75, 3.05) is 25.4 Å². The molecule has 1 saturated heterocycles. The minimum atomic E-state index is 0.0254. The van der Waals surface area contributed by atoms with Crippen molar-refractivity contribution < 1.29 is 4.79 Å². The van der Waals surface area contributed by atoms with Gasteiger partial charge in [-0.25, -0.2) is 0 Å². The summed E-state index contributed by atoms with van der Waals surface area (Å²) in [5.74, 6) is 1.94. The molecule has 0 aromatic heterocycles. The summed E-state index contributed by atoms with van der Waals surface area (Å²) >= 11 is 1.86. The number of nitrogens with zero attached hydrogens (tertiary/aromatic N) is 1. The molecule has 3 nitrogen and oxygen atoms in total. The van der Waals surface area contributed by atoms with Gasteiger partial charge in [0, 0.05) is 30.2 Å². The monoisotopic (exact) mass is 396 g/mol. The van der Waals surface area contributed by atoms with E-state index in [0.717, 1.165) is 23.6 Å². The Morgan fingerprint density at radius 3 is 2.46 bits per heavy atom. The molecule has 150 valence electrons. The quantitative estimate of drug-likeness (QED) is 0.635. The van der Waals surface area contributed by atoms with Crippen molar-refractivity contribution in [2.24, 2.45) is 0 Å². The summed E-state index contributed by atoms with van der Waals surface area (Å²) in [6, 6.07) is 16.7. The van der Waals surface area contributed by atoms with E-state index in [-0.39, 0.29) is 5.91 Å². The number of benzene rings is 2. The van der Waals surface area contributed by atoms with Gasteiger partial charge in [-0.15, -0.1) is 0 Å². The summed E-state index contributed by atoms with van der Waals surface area (Å²) in [6.07, 6.45) is 5.34. The zero-order valence-electron chi connectivity index (χ0n) is 17.0. The highest BCUT2D eigenvalue weighted by Gasteiger charge is 2.10. The molecule has 4 heteroatoms. The first kappa shape index (κ1) is 20.9. The van der Waals surface area contributed by atoms with E-state index >= 15 is 0 Å². The van der Waals surface area contributed by atoms with Crippen molar-refractivity contribution in [2.45, 2.75) is 44.9 Å². The molecule has 2 aromatic rings. The maximum Gasteiger partial charge on any atom is 0.251 e. The number of carbonyl (C=O) groups excluding carboxylic acids is 1. The highest BCUT2D eigenvalue weighted by Crippen LogP contribution is 2.15. The van der Waals surface area contributed by atoms with Gasteiger partial charge >= 0.3 is 0 Å². The number of carbonyl (C=O) groups is 1. The SMILES string of the molecule is Cc1cccc(CSCCNC(=O)c2ccc(CN3CCCCCC3)cc2)c1. The van der Waals surface area contributed by atoms with Crippen LogP contribution in [0.5, 0.6) is 0 Å². The minimum Gasteiger partial charge on any atom is -0.351 e. The summed E-state index contributed by atoms with van der Waals surface area (Å²) < 4.78 is 0. The van der Waals surface area contributed by atoms with Gasteiger partial charge in [0.1, 0.15) is 0 Å². The van der Waals surface area contributed by atoms with Crippen LogP contribution >= 0.6 is 11.8 Å². The molecule has 0 unspecified atom stereocenters. The van der Waals surface area contributed by atoms with Gasteiger partial charge in [0.2, 0.25) is 0 Å². The van der Waals surface area contributed by atoms with Crippen molar-refractivity contribution >= 4 is 17.7 Å². The number of hydrogen-bond acceptors (Lipinski definition) is 3. The van der Waals surface area contributed by atoms with Gasteiger partial charge < -0.3 is 5.32 Å². The van der Waals surface area contributed by atoms with Crippen LogP contribution in [0.25, 0.3) is 0 Å². The third-order valence-corrected chi connectivity index (χ3v) is 6.23. The fourth-order valence-corrected chi connectivity index (χ4v) is 4.45. The molecule has 0 radical (unpaired) electrons. The smallest absolute Gasteiger partial charge is 0.251 e. The average molecular weight is 397 g/mol. The van der Waals surface area contributed by atoms with Gasteiger partial charge in [0.15, 0.2) is 0 Å². The normalized spacial score (nSPS) is 15.2. The molecule has 2 aromatic carbocycles. The van der Waals surface area contributed by atoms with E-state index in [9.17, 15) is 4.79 Å². The van der Waals surface area contributed by atoms with Crippen molar-refractivity contribution in [3.63, 3.8) is 0 Å². The summed E-state index contributed by atoms with van der Waals surface area (Å²) in [5.41, 5.74) is 4.69. The van der Waals surface area contributed by atoms with Gasteiger partial charge in [-0.2, -0.15) is 11.8 Å². The van der Waals surface area contributed by atoms with E-state index < -0.39 is 0 Å². The van der Waals surface area contributed by atoms with Crippen molar-refractivity contribution in [1.82, 2.24) is 10.2 Å². The number of amides is 1. The van der Waals surface area contributed by atoms with Crippen LogP contribution in [-0.4, -0.2) is 36.2 Å². The number of hydrogen-bond donors (Lipinski definition) is 1. The molecular weight excluding hydrogens is 364 g/mol. The van der Waals surface area contributed by atoms with Gasteiger partial charge in [-0.1, -0.05) is 54.8 Å². The molecule has 1 aliphatic rings. The predicted molar refractivity (Wildman–Crippen MR) is 120 cm³/mol. The highest BCUT2D eigenvalue weighted by atomic mass is 32.2. The van der Waals surface area contributed by atoms with E-state index in [4.69, 9.17) is 0 Å². The molecule has 1 N–H and O–H groups in total. The standard InChI is InChI=1S/C24H32N2OS/c1-20-7-6-8-22(17-20)19-28-16-13-25-24(27)23-11-9-21(10-12-23)18-26-14-4-2-3-5-15-26/h6-12,17H,2-5,13-16,18-19H2,1H3,(H,25,27). The Morgan fingerprint density at radius 2 is 1.75 bits per heavy atom. The van der Waals surface area contributed by atoms with Crippen LogP contribution in [0.3, 0.4) is 0 Å². The summed E-state index contributed by atoms with van der Waals surface area (Å²) in [4.78, 5) is 14.9. The maximum absolute atomic E-state index is 12.3. The molecule has 3 rings (SSSR count). The lowest BCUT2D eigenvalue weighted by molar-refractivity contribution is 0.0956. The molecule has 0 atom stereocenters. The molecule has 0 saturated carbocycles. The number of aryl methyl sites for hydroxylation is 1. The Hall–Kier alpha value is -1.78. The second kappa shape index (κ2) is 11.3. The molecule has 1 heterocycles. The molecule has 0 aliphatic carbocycles. The largest absolute Gasteiger partial charge is 0.351 e. The van der Waals surface area contributed by atoms with E-state index in [1.165, 1.54) is 55.5 Å². The van der Waals surface area contributed by atoms with Crippen LogP contribution in [0.15, 0.2) is 48.5 Å². The Morgan fingerprint density at radius 1 is 1.00 bits per heavy atom. The number of thioether (sulfide) groups is 1. The van der Waals surface area contributed by atoms with Gasteiger partial charge in [-0.3, -0.25) is 9.69 Å². The van der Waals surface area contributed by atoms with Crippen molar-refractivity contribution in [3.8, 4) is 0 Å². The molecule has 1 aliphatic heterocycles. The van der Waals surface area contributed by atoms with E-state index in [1.54, 1.807) is 0 Å². The zero-order valence-corrected chi connectivity index (χ0v) is 17.8. The van der Waals surface area contributed by atoms with E-state index in [2.05, 4.69) is 53.5 Å². The first-order valence-corrected chi connectivity index (χ1v) is 11.6. The summed E-state index contributed by atoms with van der Waals surface area (Å²) in [7, 11) is 0. The maximum atomic E-state index is 12.3. The highest BCUT2D eigenvalue weighted by molar-refractivity contribution is 7.98. The predicted octanol–water partition coefficient (Wildman–Crippen LogP) is 5.03. The third-order valence-electron chi connectivity index (χ3n) is 5.20. The number of nitrogens with one attached hydrogen (secondary N) is 1. The Labute approximate surface area is 173 Å². The average Bonchev–Trinajstić information content (AvgIpc) is 2.97. The molecule has 0 spiro atoms. The van der Waals surface area contributed by atoms with E-state index in [0.29, 0.717) is 6.54 Å². The molecule has 1 amide bonds. The first-order valence-electron chi connectivity index (χ1n) is 10.4. The van der Waals surface area contributed by atoms with Crippen molar-refractivity contribution in [3.05, 3.63) is 70.8 Å². The molecule has 1 fully saturated rings. The van der Waals surface area contributed by atoms with Crippen LogP contribution in [0.2, 0.25) is 0 Å². The van der Waals surface area contributed by atoms with E-state index in [1.807, 2.05) is 23.9 Å². The Bertz CT molecular complexity index is 737. The fraction of sp³-hybridized carbons (Fsp3) is 0.458. The Balaban J connectivity index is 1.37. The lowest BCUT2D eigenvalue weighted by Crippen LogP contribution is -2.26. The second-order valence-electron chi connectivity index (χ2n) is 7.68. The zero-order chi connectivity index (χ0) is 19.6. The van der Waals surface area contributed by atoms with Gasteiger partial charge in [-0.05, 0) is 56.1 Å². The van der Waals surface area contributed by atoms with Crippen LogP contribution in [0.4, 0.5) is 0 Å². The second-order valence-corrected chi connectivity index (χ2v) is 8.79. The lowest BCUT2D eigenvalue weighted by atomic mass is 10.1. The van der Waals surface area contributed by atoms with Gasteiger partial charge in [0.05, 0.1) is 0 Å². The van der Waals surface area contributed by atoms with Crippen LogP contribution in [-0.2, 0) is 12.3 Å². The first-order chi connectivity index (χ1) is 13.7. The molecule has 0 bridgehead atoms. The van der Waals surface area contributed by atoms with Gasteiger partial charge in [0.25, 0.3) is 5.91 Å². The molecule has 28 heavy (non-hydrogen) atoms. The van der Waals surface area contributed by atoms with Crippen LogP contribution < -0.4 is 5.32 Å². The molecular formula is C24H32N2OS. The minimum absolute atomic E-state index is 0.0254. The van der Waals surface area contributed by atoms with Crippen LogP contribution in [0, 0.1) is 6.92 Å². The van der Waals surface area contributed by atoms with Crippen molar-refractivity contribution in [1.29, 1.82) is 0 Å². The summed E-state index contributed by atoms with van der Waals surface area (Å²) in [6.45, 7) is 6.21. The fourth-order valence-electron chi connectivity index (χ4n) is 3.64. The van der Waals surface area contributed by atoms with Crippen LogP contribution in [0.1, 0.15) is 52.7 Å².